The monoisotopic (exact) mass is 366 g/mol. The summed E-state index contributed by atoms with van der Waals surface area (Å²) < 4.78 is 1.68. The van der Waals surface area contributed by atoms with E-state index in [1.165, 1.54) is 0 Å². The van der Waals surface area contributed by atoms with E-state index in [1.54, 1.807) is 17.1 Å². The van der Waals surface area contributed by atoms with E-state index in [1.807, 2.05) is 24.4 Å². The summed E-state index contributed by atoms with van der Waals surface area (Å²) in [4.78, 5) is 20.6. The molecule has 0 radical (unpaired) electrons. The molecular formula is C18H22N8O. The van der Waals surface area contributed by atoms with Crippen molar-refractivity contribution in [3.63, 3.8) is 0 Å². The maximum Gasteiger partial charge on any atom is 0.242 e. The number of hydrogen-bond donors (Lipinski definition) is 3. The molecule has 9 nitrogen and oxygen atoms in total. The molecule has 4 heterocycles. The lowest BCUT2D eigenvalue weighted by molar-refractivity contribution is -0.122. The summed E-state index contributed by atoms with van der Waals surface area (Å²) in [6, 6.07) is 5.67. The highest BCUT2D eigenvalue weighted by molar-refractivity contribution is 5.75. The fourth-order valence-corrected chi connectivity index (χ4v) is 3.18. The van der Waals surface area contributed by atoms with Crippen LogP contribution in [-0.2, 0) is 17.9 Å². The van der Waals surface area contributed by atoms with Crippen molar-refractivity contribution < 1.29 is 4.79 Å². The van der Waals surface area contributed by atoms with Crippen LogP contribution >= 0.6 is 0 Å². The molecule has 0 aliphatic carbocycles. The fraction of sp³-hybridized carbons (Fsp3) is 0.389. The minimum Gasteiger partial charge on any atom is -0.347 e. The van der Waals surface area contributed by atoms with Gasteiger partial charge in [0.1, 0.15) is 12.4 Å². The largest absolute Gasteiger partial charge is 0.347 e. The molecule has 0 bridgehead atoms. The Balaban J connectivity index is 1.29. The number of H-pyrrole nitrogens is 1. The molecule has 0 aromatic carbocycles. The first-order valence-corrected chi connectivity index (χ1v) is 9.10. The lowest BCUT2D eigenvalue weighted by atomic mass is 9.97. The van der Waals surface area contributed by atoms with E-state index in [9.17, 15) is 4.79 Å². The number of rotatable bonds is 6. The van der Waals surface area contributed by atoms with Crippen molar-refractivity contribution in [2.45, 2.75) is 31.8 Å². The lowest BCUT2D eigenvalue weighted by Gasteiger charge is -2.20. The highest BCUT2D eigenvalue weighted by Crippen LogP contribution is 2.21. The Morgan fingerprint density at radius 3 is 3.00 bits per heavy atom. The Morgan fingerprint density at radius 2 is 2.19 bits per heavy atom. The van der Waals surface area contributed by atoms with Crippen molar-refractivity contribution >= 4 is 5.91 Å². The molecular weight excluding hydrogens is 344 g/mol. The van der Waals surface area contributed by atoms with Gasteiger partial charge < -0.3 is 10.6 Å². The van der Waals surface area contributed by atoms with Crippen molar-refractivity contribution in [2.24, 2.45) is 0 Å². The van der Waals surface area contributed by atoms with E-state index < -0.39 is 0 Å². The predicted octanol–water partition coefficient (Wildman–Crippen LogP) is 0.847. The summed E-state index contributed by atoms with van der Waals surface area (Å²) in [5, 5.41) is 17.8. The van der Waals surface area contributed by atoms with Gasteiger partial charge in [-0.15, -0.1) is 0 Å². The van der Waals surface area contributed by atoms with Gasteiger partial charge in [-0.25, -0.2) is 4.98 Å². The number of hydrogen-bond acceptors (Lipinski definition) is 6. The Bertz CT molecular complexity index is 882. The third kappa shape index (κ3) is 4.37. The number of aromatic amines is 1. The zero-order valence-corrected chi connectivity index (χ0v) is 14.9. The van der Waals surface area contributed by atoms with Crippen LogP contribution in [0.4, 0.5) is 0 Å². The molecule has 0 spiro atoms. The molecule has 0 saturated carbocycles. The van der Waals surface area contributed by atoms with Crippen LogP contribution in [0.5, 0.6) is 0 Å². The summed E-state index contributed by atoms with van der Waals surface area (Å²) in [5.74, 6) is 1.50. The summed E-state index contributed by atoms with van der Waals surface area (Å²) >= 11 is 0. The first kappa shape index (κ1) is 17.3. The van der Waals surface area contributed by atoms with E-state index >= 15 is 0 Å². The fourth-order valence-electron chi connectivity index (χ4n) is 3.18. The molecule has 1 fully saturated rings. The maximum atomic E-state index is 12.2. The van der Waals surface area contributed by atoms with E-state index in [4.69, 9.17) is 0 Å². The van der Waals surface area contributed by atoms with Crippen LogP contribution in [0.1, 0.15) is 30.3 Å². The number of amides is 1. The minimum atomic E-state index is -0.117. The number of pyridine rings is 1. The topological polar surface area (TPSA) is 113 Å². The average Bonchev–Trinajstić information content (AvgIpc) is 3.37. The number of aromatic nitrogens is 6. The van der Waals surface area contributed by atoms with Crippen LogP contribution in [0.15, 0.2) is 36.8 Å². The van der Waals surface area contributed by atoms with Gasteiger partial charge in [-0.1, -0.05) is 0 Å². The van der Waals surface area contributed by atoms with Gasteiger partial charge in [-0.05, 0) is 37.6 Å². The summed E-state index contributed by atoms with van der Waals surface area (Å²) in [5.41, 5.74) is 1.92. The molecule has 3 aromatic heterocycles. The van der Waals surface area contributed by atoms with Gasteiger partial charge in [-0.3, -0.25) is 19.6 Å². The quantitative estimate of drug-likeness (QED) is 0.596. The predicted molar refractivity (Wildman–Crippen MR) is 98.5 cm³/mol. The Morgan fingerprint density at radius 1 is 1.30 bits per heavy atom. The van der Waals surface area contributed by atoms with Crippen molar-refractivity contribution in [1.29, 1.82) is 0 Å². The second-order valence-corrected chi connectivity index (χ2v) is 6.60. The van der Waals surface area contributed by atoms with Crippen molar-refractivity contribution in [3.05, 3.63) is 48.3 Å². The smallest absolute Gasteiger partial charge is 0.242 e. The molecule has 1 aliphatic heterocycles. The summed E-state index contributed by atoms with van der Waals surface area (Å²) in [7, 11) is 0. The van der Waals surface area contributed by atoms with Gasteiger partial charge in [-0.2, -0.15) is 10.2 Å². The van der Waals surface area contributed by atoms with Crippen LogP contribution in [0, 0.1) is 0 Å². The number of carbonyl (C=O) groups is 1. The molecule has 4 rings (SSSR count). The van der Waals surface area contributed by atoms with Crippen LogP contribution in [0.25, 0.3) is 11.4 Å². The Hall–Kier alpha value is -3.07. The van der Waals surface area contributed by atoms with E-state index in [-0.39, 0.29) is 19.0 Å². The van der Waals surface area contributed by atoms with Gasteiger partial charge in [0.25, 0.3) is 0 Å². The second-order valence-electron chi connectivity index (χ2n) is 6.60. The van der Waals surface area contributed by atoms with E-state index in [2.05, 4.69) is 35.9 Å². The Kier molecular flexibility index (Phi) is 5.20. The first-order valence-electron chi connectivity index (χ1n) is 9.10. The third-order valence-electron chi connectivity index (χ3n) is 4.61. The maximum absolute atomic E-state index is 12.2. The van der Waals surface area contributed by atoms with Gasteiger partial charge >= 0.3 is 0 Å². The van der Waals surface area contributed by atoms with E-state index in [0.29, 0.717) is 17.6 Å². The highest BCUT2D eigenvalue weighted by atomic mass is 16.2. The van der Waals surface area contributed by atoms with E-state index in [0.717, 1.165) is 37.2 Å². The van der Waals surface area contributed by atoms with Crippen LogP contribution in [-0.4, -0.2) is 48.9 Å². The van der Waals surface area contributed by atoms with Crippen LogP contribution in [0.2, 0.25) is 0 Å². The molecule has 9 heteroatoms. The molecule has 3 N–H and O–H groups in total. The molecule has 27 heavy (non-hydrogen) atoms. The summed E-state index contributed by atoms with van der Waals surface area (Å²) in [6.07, 6.45) is 7.54. The van der Waals surface area contributed by atoms with Gasteiger partial charge in [0.2, 0.25) is 5.91 Å². The highest BCUT2D eigenvalue weighted by Gasteiger charge is 2.18. The van der Waals surface area contributed by atoms with Gasteiger partial charge in [0.05, 0.1) is 12.2 Å². The van der Waals surface area contributed by atoms with Crippen molar-refractivity contribution in [3.8, 4) is 11.4 Å². The standard InChI is InChI=1S/C18H22N8O/c27-17(12-26-9-5-15(25-26)14-2-1-6-20-10-14)21-11-16-22-18(24-23-16)13-3-7-19-8-4-13/h3-5,7-9,14,20H,1-2,6,10-12H2,(H,21,27)(H,22,23,24)/t14-/m1/s1. The van der Waals surface area contributed by atoms with Gasteiger partial charge in [0, 0.05) is 36.6 Å². The van der Waals surface area contributed by atoms with Gasteiger partial charge in [0.15, 0.2) is 5.82 Å². The Labute approximate surface area is 156 Å². The molecule has 140 valence electrons. The summed E-state index contributed by atoms with van der Waals surface area (Å²) in [6.45, 7) is 2.50. The number of piperidine rings is 1. The zero-order chi connectivity index (χ0) is 18.5. The van der Waals surface area contributed by atoms with Crippen molar-refractivity contribution in [1.82, 2.24) is 40.6 Å². The first-order chi connectivity index (χ1) is 13.3. The number of nitrogens with zero attached hydrogens (tertiary/aromatic N) is 5. The normalized spacial score (nSPS) is 17.0. The second kappa shape index (κ2) is 8.09. The molecule has 3 aromatic rings. The molecule has 1 amide bonds. The molecule has 0 unspecified atom stereocenters. The van der Waals surface area contributed by atoms with Crippen LogP contribution < -0.4 is 10.6 Å². The molecule has 1 saturated heterocycles. The molecule has 1 atom stereocenters. The van der Waals surface area contributed by atoms with Crippen molar-refractivity contribution in [2.75, 3.05) is 13.1 Å². The lowest BCUT2D eigenvalue weighted by Crippen LogP contribution is -2.29. The number of nitrogens with one attached hydrogen (secondary N) is 3. The third-order valence-corrected chi connectivity index (χ3v) is 4.61. The van der Waals surface area contributed by atoms with Crippen LogP contribution in [0.3, 0.4) is 0 Å². The number of carbonyl (C=O) groups excluding carboxylic acids is 1. The minimum absolute atomic E-state index is 0.117. The molecule has 1 aliphatic rings. The average molecular weight is 366 g/mol. The SMILES string of the molecule is O=C(Cn1ccc([C@@H]2CCCNC2)n1)NCc1nc(-c2ccncc2)n[nH]1. The zero-order valence-electron chi connectivity index (χ0n) is 14.9.